The Hall–Kier alpha value is -3.20. The van der Waals surface area contributed by atoms with E-state index >= 15 is 0 Å². The summed E-state index contributed by atoms with van der Waals surface area (Å²) in [5, 5.41) is 14.7. The molecule has 2 aromatic heterocycles. The Bertz CT molecular complexity index is 1440. The maximum atomic E-state index is 13.3. The molecule has 3 aliphatic rings. The van der Waals surface area contributed by atoms with Crippen LogP contribution < -0.4 is 20.5 Å². The summed E-state index contributed by atoms with van der Waals surface area (Å²) in [4.78, 5) is 28.8. The van der Waals surface area contributed by atoms with Gasteiger partial charge in [0, 0.05) is 23.6 Å². The van der Waals surface area contributed by atoms with Crippen LogP contribution in [0.2, 0.25) is 0 Å². The van der Waals surface area contributed by atoms with Crippen molar-refractivity contribution in [2.24, 2.45) is 15.4 Å². The van der Waals surface area contributed by atoms with E-state index in [4.69, 9.17) is 14.9 Å². The monoisotopic (exact) mass is 555 g/mol. The van der Waals surface area contributed by atoms with Crippen LogP contribution in [0.25, 0.3) is 0 Å². The molecule has 11 nitrogen and oxygen atoms in total. The minimum absolute atomic E-state index is 0.0138. The maximum absolute atomic E-state index is 13.3. The van der Waals surface area contributed by atoms with Crippen molar-refractivity contribution < 1.29 is 31.7 Å². The van der Waals surface area contributed by atoms with Gasteiger partial charge in [0.15, 0.2) is 9.92 Å². The number of carbonyl (C=O) groups excluding carboxylic acids is 2. The smallest absolute Gasteiger partial charge is 0.471 e. The number of hydrogen-bond donors (Lipinski definition) is 3. The summed E-state index contributed by atoms with van der Waals surface area (Å²) in [7, 11) is -3.77. The Morgan fingerprint density at radius 3 is 2.79 bits per heavy atom. The molecule has 0 saturated heterocycles. The zero-order valence-electron chi connectivity index (χ0n) is 20.9. The molecule has 5 rings (SSSR count). The fourth-order valence-electron chi connectivity index (χ4n) is 5.22. The number of ether oxygens (including phenoxy) is 1. The fraction of sp³-hybridized carbons (Fsp3) is 0.565. The number of halogens is 3. The molecule has 0 radical (unpaired) electrons. The van der Waals surface area contributed by atoms with Crippen molar-refractivity contribution in [3.05, 3.63) is 28.7 Å². The van der Waals surface area contributed by atoms with Crippen molar-refractivity contribution in [3.8, 4) is 5.88 Å². The first-order chi connectivity index (χ1) is 17.8. The molecule has 0 aromatic carbocycles. The van der Waals surface area contributed by atoms with Crippen LogP contribution in [0, 0.1) is 5.92 Å². The molecule has 2 aromatic rings. The minimum Gasteiger partial charge on any atom is -0.476 e. The molecule has 3 amide bonds. The summed E-state index contributed by atoms with van der Waals surface area (Å²) in [6, 6.07) is -0.867. The topological polar surface area (TPSA) is 154 Å². The van der Waals surface area contributed by atoms with Crippen LogP contribution in [0.4, 0.5) is 23.7 Å². The third-order valence-corrected chi connectivity index (χ3v) is 8.53. The first kappa shape index (κ1) is 26.4. The number of pyridine rings is 1. The molecule has 0 spiro atoms. The Labute approximate surface area is 217 Å². The summed E-state index contributed by atoms with van der Waals surface area (Å²) < 4.78 is 61.2. The number of urea groups is 1. The highest BCUT2D eigenvalue weighted by molar-refractivity contribution is 7.91. The molecule has 4 N–H and O–H groups in total. The normalized spacial score (nSPS) is 20.9. The second-order valence-electron chi connectivity index (χ2n) is 10.4. The number of rotatable bonds is 4. The van der Waals surface area contributed by atoms with Crippen molar-refractivity contribution in [2.45, 2.75) is 69.0 Å². The van der Waals surface area contributed by atoms with Gasteiger partial charge in [0.25, 0.3) is 0 Å². The van der Waals surface area contributed by atoms with Gasteiger partial charge in [0.1, 0.15) is 4.90 Å². The Balaban J connectivity index is 1.34. The third-order valence-electron chi connectivity index (χ3n) is 7.19. The quantitative estimate of drug-likeness (QED) is 0.527. The molecule has 3 heterocycles. The zero-order valence-corrected chi connectivity index (χ0v) is 21.7. The molecule has 1 aliphatic heterocycles. The van der Waals surface area contributed by atoms with Crippen molar-refractivity contribution in [1.82, 2.24) is 20.1 Å². The number of nitrogens with zero attached hydrogens (tertiary/aromatic N) is 4. The molecular formula is C23H28F3N7O4S. The van der Waals surface area contributed by atoms with E-state index < -0.39 is 33.9 Å². The third kappa shape index (κ3) is 4.84. The van der Waals surface area contributed by atoms with Gasteiger partial charge in [0.05, 0.1) is 30.7 Å². The number of amides is 3. The molecule has 2 unspecified atom stereocenters. The van der Waals surface area contributed by atoms with Crippen molar-refractivity contribution >= 4 is 27.5 Å². The van der Waals surface area contributed by atoms with Crippen LogP contribution in [-0.4, -0.2) is 50.2 Å². The number of anilines is 1. The van der Waals surface area contributed by atoms with E-state index in [2.05, 4.69) is 28.6 Å². The average Bonchev–Trinajstić information content (AvgIpc) is 3.53. The lowest BCUT2D eigenvalue weighted by atomic mass is 9.90. The van der Waals surface area contributed by atoms with Gasteiger partial charge >= 0.3 is 18.1 Å². The van der Waals surface area contributed by atoms with Gasteiger partial charge in [0.2, 0.25) is 5.88 Å². The molecule has 0 fully saturated rings. The zero-order chi connectivity index (χ0) is 27.5. The highest BCUT2D eigenvalue weighted by Gasteiger charge is 2.39. The first-order valence-electron chi connectivity index (χ1n) is 12.2. The second kappa shape index (κ2) is 9.22. The number of nitrogens with two attached hydrogens (primary N) is 1. The van der Waals surface area contributed by atoms with E-state index in [9.17, 15) is 27.0 Å². The molecule has 15 heteroatoms. The minimum atomic E-state index is -4.99. The largest absolute Gasteiger partial charge is 0.476 e. The maximum Gasteiger partial charge on any atom is 0.471 e. The van der Waals surface area contributed by atoms with Crippen molar-refractivity contribution in [1.29, 1.82) is 0 Å². The Morgan fingerprint density at radius 2 is 2.05 bits per heavy atom. The lowest BCUT2D eigenvalue weighted by Crippen LogP contribution is -2.42. The van der Waals surface area contributed by atoms with E-state index in [-0.39, 0.29) is 35.9 Å². The number of carbonyl (C=O) groups is 2. The van der Waals surface area contributed by atoms with E-state index in [1.165, 1.54) is 4.68 Å². The fourth-order valence-corrected chi connectivity index (χ4v) is 6.23. The van der Waals surface area contributed by atoms with Crippen LogP contribution in [0.5, 0.6) is 5.88 Å². The molecule has 2 aliphatic carbocycles. The Kier molecular flexibility index (Phi) is 6.41. The van der Waals surface area contributed by atoms with Crippen LogP contribution in [0.15, 0.2) is 15.5 Å². The highest BCUT2D eigenvalue weighted by Crippen LogP contribution is 2.44. The van der Waals surface area contributed by atoms with E-state index in [1.54, 1.807) is 0 Å². The summed E-state index contributed by atoms with van der Waals surface area (Å²) in [5.41, 5.74) is 4.42. The molecular weight excluding hydrogens is 527 g/mol. The summed E-state index contributed by atoms with van der Waals surface area (Å²) in [5.74, 6) is -2.55. The molecule has 2 atom stereocenters. The van der Waals surface area contributed by atoms with Gasteiger partial charge in [-0.3, -0.25) is 9.78 Å². The second-order valence-corrected chi connectivity index (χ2v) is 12.2. The number of fused-ring (bicyclic) bond motifs is 3. The number of hydrogen-bond acceptors (Lipinski definition) is 6. The van der Waals surface area contributed by atoms with Crippen LogP contribution in [0.3, 0.4) is 0 Å². The first-order valence-corrected chi connectivity index (χ1v) is 13.8. The lowest BCUT2D eigenvalue weighted by molar-refractivity contribution is -0.173. The van der Waals surface area contributed by atoms with Crippen LogP contribution in [0.1, 0.15) is 49.2 Å². The van der Waals surface area contributed by atoms with Gasteiger partial charge in [-0.05, 0) is 43.2 Å². The van der Waals surface area contributed by atoms with E-state index in [0.29, 0.717) is 5.69 Å². The molecule has 38 heavy (non-hydrogen) atoms. The lowest BCUT2D eigenvalue weighted by Gasteiger charge is -2.25. The van der Waals surface area contributed by atoms with E-state index in [0.717, 1.165) is 60.8 Å². The van der Waals surface area contributed by atoms with Gasteiger partial charge in [-0.2, -0.15) is 18.3 Å². The summed E-state index contributed by atoms with van der Waals surface area (Å²) >= 11 is 0. The standard InChI is InChI=1S/C23H28F3N7O4S/c1-22(2)7-6-14-17(13-4-3-5-15(13)30-18(14)22)31-21(35)32-38(27,36)16-9-29-33-10-12(11-37-19(16)33)8-28-20(34)23(24,25)26/h9,12H,3-8,10-11H2,1-2H3,(H,28,34)(H3,27,30,31,32,35,36). The van der Waals surface area contributed by atoms with Crippen LogP contribution in [-0.2, 0) is 45.9 Å². The number of alkyl halides is 3. The predicted octanol–water partition coefficient (Wildman–Crippen LogP) is 2.61. The molecule has 0 bridgehead atoms. The average molecular weight is 556 g/mol. The van der Waals surface area contributed by atoms with Gasteiger partial charge < -0.3 is 15.4 Å². The summed E-state index contributed by atoms with van der Waals surface area (Å²) in [6.45, 7) is 3.95. The molecule has 0 saturated carbocycles. The molecule has 206 valence electrons. The van der Waals surface area contributed by atoms with Crippen LogP contribution >= 0.6 is 0 Å². The highest BCUT2D eigenvalue weighted by atomic mass is 32.2. The predicted molar refractivity (Wildman–Crippen MR) is 130 cm³/mol. The van der Waals surface area contributed by atoms with Gasteiger partial charge in [-0.1, -0.05) is 13.8 Å². The van der Waals surface area contributed by atoms with Crippen molar-refractivity contribution in [2.75, 3.05) is 18.5 Å². The van der Waals surface area contributed by atoms with E-state index in [1.807, 2.05) is 5.32 Å². The van der Waals surface area contributed by atoms with Gasteiger partial charge in [-0.15, -0.1) is 4.36 Å². The SMILES string of the molecule is CC1(C)CCc2c1nc1c(c2NC(=O)N=S(N)(=O)c2cnn3c2OCC(CNC(=O)C(F)(F)F)C3)CCC1. The number of aromatic nitrogens is 3. The number of aryl methyl sites for hydroxylation is 1. The summed E-state index contributed by atoms with van der Waals surface area (Å²) in [6.07, 6.45) is 0.360. The van der Waals surface area contributed by atoms with Gasteiger partial charge in [-0.25, -0.2) is 18.8 Å². The Morgan fingerprint density at radius 1 is 1.29 bits per heavy atom. The van der Waals surface area contributed by atoms with Crippen molar-refractivity contribution in [3.63, 3.8) is 0 Å². The number of nitrogens with one attached hydrogen (secondary N) is 2.